The van der Waals surface area contributed by atoms with Crippen LogP contribution in [0.2, 0.25) is 0 Å². The standard InChI is InChI=1S/C25H20N4O3/c30-20(11-10-16-6-2-1-3-7-16)21-22(17-12-14-26-15-13-17)29(24(32)23(21)31)25-27-18-8-4-5-9-19(18)28-25/h1-9,12-15,22,31H,10-11H2,(H,27,28). The maximum Gasteiger partial charge on any atom is 0.296 e. The van der Waals surface area contributed by atoms with Gasteiger partial charge in [-0.15, -0.1) is 0 Å². The first-order chi connectivity index (χ1) is 15.6. The van der Waals surface area contributed by atoms with Crippen molar-refractivity contribution >= 4 is 28.7 Å². The number of carbonyl (C=O) groups is 2. The number of hydrogen-bond acceptors (Lipinski definition) is 5. The fraction of sp³-hybridized carbons (Fsp3) is 0.120. The van der Waals surface area contributed by atoms with Gasteiger partial charge in [0.15, 0.2) is 11.5 Å². The van der Waals surface area contributed by atoms with E-state index in [4.69, 9.17) is 0 Å². The van der Waals surface area contributed by atoms with Crippen LogP contribution in [0.1, 0.15) is 23.6 Å². The van der Waals surface area contributed by atoms with E-state index in [1.807, 2.05) is 54.6 Å². The van der Waals surface area contributed by atoms with Gasteiger partial charge in [-0.3, -0.25) is 19.5 Å². The number of rotatable bonds is 6. The van der Waals surface area contributed by atoms with E-state index in [1.165, 1.54) is 4.90 Å². The van der Waals surface area contributed by atoms with E-state index in [0.29, 0.717) is 17.5 Å². The number of nitrogens with one attached hydrogen (secondary N) is 1. The second-order valence-electron chi connectivity index (χ2n) is 7.61. The van der Waals surface area contributed by atoms with Crippen LogP contribution in [0, 0.1) is 0 Å². The number of aromatic nitrogens is 3. The van der Waals surface area contributed by atoms with Gasteiger partial charge in [-0.25, -0.2) is 4.98 Å². The molecule has 1 amide bonds. The van der Waals surface area contributed by atoms with Crippen molar-refractivity contribution in [2.45, 2.75) is 18.9 Å². The summed E-state index contributed by atoms with van der Waals surface area (Å²) in [6, 6.07) is 19.7. The van der Waals surface area contributed by atoms with E-state index < -0.39 is 17.7 Å². The molecule has 158 valence electrons. The number of aliphatic hydroxyl groups excluding tert-OH is 1. The normalized spacial score (nSPS) is 16.2. The number of amides is 1. The summed E-state index contributed by atoms with van der Waals surface area (Å²) in [5.41, 5.74) is 3.21. The van der Waals surface area contributed by atoms with Gasteiger partial charge >= 0.3 is 0 Å². The summed E-state index contributed by atoms with van der Waals surface area (Å²) >= 11 is 0. The van der Waals surface area contributed by atoms with Crippen LogP contribution in [-0.2, 0) is 16.0 Å². The summed E-state index contributed by atoms with van der Waals surface area (Å²) in [6.07, 6.45) is 3.88. The predicted molar refractivity (Wildman–Crippen MR) is 120 cm³/mol. The molecule has 0 aliphatic carbocycles. The lowest BCUT2D eigenvalue weighted by Gasteiger charge is -2.24. The van der Waals surface area contributed by atoms with Crippen LogP contribution in [0.25, 0.3) is 11.0 Å². The number of benzene rings is 2. The first-order valence-corrected chi connectivity index (χ1v) is 10.3. The van der Waals surface area contributed by atoms with Gasteiger partial charge in [0.1, 0.15) is 0 Å². The lowest BCUT2D eigenvalue weighted by atomic mass is 9.94. The number of imidazole rings is 1. The molecule has 7 heteroatoms. The number of pyridine rings is 1. The maximum atomic E-state index is 13.3. The first kappa shape index (κ1) is 19.7. The quantitative estimate of drug-likeness (QED) is 0.486. The highest BCUT2D eigenvalue weighted by Crippen LogP contribution is 2.40. The molecule has 1 aliphatic rings. The molecule has 0 radical (unpaired) electrons. The molecule has 0 saturated carbocycles. The van der Waals surface area contributed by atoms with Crippen molar-refractivity contribution in [2.75, 3.05) is 4.90 Å². The van der Waals surface area contributed by atoms with Crippen LogP contribution in [0.3, 0.4) is 0 Å². The Morgan fingerprint density at radius 3 is 2.47 bits per heavy atom. The Balaban J connectivity index is 1.54. The van der Waals surface area contributed by atoms with E-state index in [1.54, 1.807) is 24.5 Å². The molecular weight excluding hydrogens is 404 g/mol. The Kier molecular flexibility index (Phi) is 4.99. The van der Waals surface area contributed by atoms with E-state index in [2.05, 4.69) is 15.0 Å². The zero-order chi connectivity index (χ0) is 22.1. The van der Waals surface area contributed by atoms with Crippen LogP contribution < -0.4 is 4.90 Å². The topological polar surface area (TPSA) is 99.2 Å². The SMILES string of the molecule is O=C(CCc1ccccc1)C1=C(O)C(=O)N(c2nc3ccccc3[nH]2)C1c1ccncc1. The number of para-hydroxylation sites is 2. The monoisotopic (exact) mass is 424 g/mol. The molecule has 2 aromatic heterocycles. The van der Waals surface area contributed by atoms with Crippen molar-refractivity contribution in [1.82, 2.24) is 15.0 Å². The van der Waals surface area contributed by atoms with E-state index in [9.17, 15) is 14.7 Å². The first-order valence-electron chi connectivity index (χ1n) is 10.3. The summed E-state index contributed by atoms with van der Waals surface area (Å²) in [5, 5.41) is 10.8. The summed E-state index contributed by atoms with van der Waals surface area (Å²) in [7, 11) is 0. The van der Waals surface area contributed by atoms with Crippen LogP contribution in [0.4, 0.5) is 5.95 Å². The van der Waals surface area contributed by atoms with E-state index in [-0.39, 0.29) is 23.7 Å². The van der Waals surface area contributed by atoms with Gasteiger partial charge < -0.3 is 10.1 Å². The minimum Gasteiger partial charge on any atom is -0.503 e. The number of anilines is 1. The molecule has 0 saturated heterocycles. The molecule has 0 bridgehead atoms. The lowest BCUT2D eigenvalue weighted by Crippen LogP contribution is -2.32. The molecule has 1 unspecified atom stereocenters. The minimum absolute atomic E-state index is 0.0811. The van der Waals surface area contributed by atoms with Crippen LogP contribution in [0.15, 0.2) is 90.5 Å². The molecule has 1 atom stereocenters. The van der Waals surface area contributed by atoms with Gasteiger partial charge in [0, 0.05) is 18.8 Å². The van der Waals surface area contributed by atoms with E-state index >= 15 is 0 Å². The maximum absolute atomic E-state index is 13.3. The molecule has 2 N–H and O–H groups in total. The molecule has 2 aromatic carbocycles. The number of aliphatic hydroxyl groups is 1. The second kappa shape index (κ2) is 8.11. The molecule has 0 fully saturated rings. The summed E-state index contributed by atoms with van der Waals surface area (Å²) in [6.45, 7) is 0. The van der Waals surface area contributed by atoms with Crippen molar-refractivity contribution in [3.8, 4) is 0 Å². The number of nitrogens with zero attached hydrogens (tertiary/aromatic N) is 3. The number of aryl methyl sites for hydroxylation is 1. The van der Waals surface area contributed by atoms with Crippen molar-refractivity contribution in [3.05, 3.63) is 102 Å². The Morgan fingerprint density at radius 1 is 1.00 bits per heavy atom. The number of carbonyl (C=O) groups excluding carboxylic acids is 2. The highest BCUT2D eigenvalue weighted by atomic mass is 16.3. The zero-order valence-electron chi connectivity index (χ0n) is 17.1. The van der Waals surface area contributed by atoms with Gasteiger partial charge in [-0.05, 0) is 41.8 Å². The fourth-order valence-electron chi connectivity index (χ4n) is 4.06. The minimum atomic E-state index is -0.797. The molecule has 32 heavy (non-hydrogen) atoms. The fourth-order valence-corrected chi connectivity index (χ4v) is 4.06. The van der Waals surface area contributed by atoms with Crippen molar-refractivity contribution in [2.24, 2.45) is 0 Å². The number of hydrogen-bond donors (Lipinski definition) is 2. The Labute approximate surface area is 184 Å². The summed E-state index contributed by atoms with van der Waals surface area (Å²) in [4.78, 5) is 39.5. The molecule has 3 heterocycles. The number of H-pyrrole nitrogens is 1. The summed E-state index contributed by atoms with van der Waals surface area (Å²) in [5.74, 6) is -1.20. The third kappa shape index (κ3) is 3.43. The van der Waals surface area contributed by atoms with Crippen molar-refractivity contribution in [3.63, 3.8) is 0 Å². The third-order valence-electron chi connectivity index (χ3n) is 5.62. The Morgan fingerprint density at radius 2 is 1.72 bits per heavy atom. The number of ketones is 1. The zero-order valence-corrected chi connectivity index (χ0v) is 17.1. The number of Topliss-reactive ketones (excluding diaryl/α,β-unsaturated/α-hetero) is 1. The largest absolute Gasteiger partial charge is 0.503 e. The highest BCUT2D eigenvalue weighted by Gasteiger charge is 2.45. The molecule has 0 spiro atoms. The van der Waals surface area contributed by atoms with Crippen molar-refractivity contribution < 1.29 is 14.7 Å². The smallest absolute Gasteiger partial charge is 0.296 e. The third-order valence-corrected chi connectivity index (χ3v) is 5.62. The molecule has 1 aliphatic heterocycles. The van der Waals surface area contributed by atoms with Crippen LogP contribution in [0.5, 0.6) is 0 Å². The van der Waals surface area contributed by atoms with Crippen molar-refractivity contribution in [1.29, 1.82) is 0 Å². The average Bonchev–Trinajstić information content (AvgIpc) is 3.37. The molecular formula is C25H20N4O3. The van der Waals surface area contributed by atoms with Gasteiger partial charge in [0.05, 0.1) is 22.6 Å². The lowest BCUT2D eigenvalue weighted by molar-refractivity contribution is -0.118. The second-order valence-corrected chi connectivity index (χ2v) is 7.61. The van der Waals surface area contributed by atoms with Crippen LogP contribution in [-0.4, -0.2) is 31.7 Å². The van der Waals surface area contributed by atoms with Gasteiger partial charge in [0.25, 0.3) is 5.91 Å². The van der Waals surface area contributed by atoms with E-state index in [0.717, 1.165) is 11.1 Å². The molecule has 5 rings (SSSR count). The number of aromatic amines is 1. The predicted octanol–water partition coefficient (Wildman–Crippen LogP) is 4.06. The average molecular weight is 424 g/mol. The van der Waals surface area contributed by atoms with Gasteiger partial charge in [-0.1, -0.05) is 42.5 Å². The number of fused-ring (bicyclic) bond motifs is 1. The van der Waals surface area contributed by atoms with Crippen LogP contribution >= 0.6 is 0 Å². The summed E-state index contributed by atoms with van der Waals surface area (Å²) < 4.78 is 0. The Hall–Kier alpha value is -4.26. The van der Waals surface area contributed by atoms with Gasteiger partial charge in [0.2, 0.25) is 5.95 Å². The van der Waals surface area contributed by atoms with Gasteiger partial charge in [-0.2, -0.15) is 0 Å². The molecule has 7 nitrogen and oxygen atoms in total. The Bertz CT molecular complexity index is 1300. The highest BCUT2D eigenvalue weighted by molar-refractivity contribution is 6.16. The molecule has 4 aromatic rings.